The molecule has 0 radical (unpaired) electrons. The third-order valence-electron chi connectivity index (χ3n) is 4.50. The molecule has 2 heteroatoms. The second-order valence-electron chi connectivity index (χ2n) is 7.13. The molecule has 23 heavy (non-hydrogen) atoms. The average molecular weight is 325 g/mol. The minimum Gasteiger partial charge on any atom is -0.393 e. The molecule has 2 atom stereocenters. The first kappa shape index (κ1) is 17.7. The molecule has 0 saturated heterocycles. The van der Waals surface area contributed by atoms with Gasteiger partial charge in [-0.2, -0.15) is 0 Å². The van der Waals surface area contributed by atoms with Crippen molar-refractivity contribution in [1.82, 2.24) is 0 Å². The van der Waals surface area contributed by atoms with Crippen LogP contribution in [-0.4, -0.2) is 19.3 Å². The lowest BCUT2D eigenvalue weighted by Gasteiger charge is -2.29. The normalized spacial score (nSPS) is 14.3. The van der Waals surface area contributed by atoms with Crippen molar-refractivity contribution in [3.05, 3.63) is 78.4 Å². The molecule has 0 unspecified atom stereocenters. The molecule has 0 aliphatic heterocycles. The Morgan fingerprint density at radius 3 is 2.04 bits per heavy atom. The maximum atomic E-state index is 9.92. The van der Waals surface area contributed by atoms with Gasteiger partial charge in [-0.1, -0.05) is 91.1 Å². The van der Waals surface area contributed by atoms with E-state index in [1.807, 2.05) is 13.0 Å². The quantitative estimate of drug-likeness (QED) is 0.577. The first-order chi connectivity index (χ1) is 10.9. The van der Waals surface area contributed by atoms with E-state index in [0.29, 0.717) is 0 Å². The molecule has 0 aliphatic rings. The van der Waals surface area contributed by atoms with Crippen LogP contribution in [0.5, 0.6) is 0 Å². The van der Waals surface area contributed by atoms with Gasteiger partial charge in [0.2, 0.25) is 0 Å². The highest BCUT2D eigenvalue weighted by atomic mass is 28.3. The first-order valence-electron chi connectivity index (χ1n) is 8.36. The smallest absolute Gasteiger partial charge is 0.0846 e. The lowest BCUT2D eigenvalue weighted by Crippen LogP contribution is -2.41. The fourth-order valence-corrected chi connectivity index (χ4v) is 5.93. The van der Waals surface area contributed by atoms with Crippen LogP contribution in [0.15, 0.2) is 72.8 Å². The van der Waals surface area contributed by atoms with E-state index >= 15 is 0 Å². The van der Waals surface area contributed by atoms with E-state index in [0.717, 1.165) is 12.5 Å². The van der Waals surface area contributed by atoms with Crippen molar-refractivity contribution < 1.29 is 5.11 Å². The summed E-state index contributed by atoms with van der Waals surface area (Å²) < 4.78 is 0. The minimum atomic E-state index is -1.57. The minimum absolute atomic E-state index is 0.228. The van der Waals surface area contributed by atoms with Gasteiger partial charge < -0.3 is 5.11 Å². The van der Waals surface area contributed by atoms with Crippen LogP contribution in [0.1, 0.15) is 24.8 Å². The molecule has 2 aromatic carbocycles. The highest BCUT2D eigenvalue weighted by Crippen LogP contribution is 2.33. The molecule has 2 aromatic rings. The van der Waals surface area contributed by atoms with Crippen molar-refractivity contribution in [2.24, 2.45) is 0 Å². The Morgan fingerprint density at radius 2 is 1.52 bits per heavy atom. The summed E-state index contributed by atoms with van der Waals surface area (Å²) in [6.07, 6.45) is 0.417. The monoisotopic (exact) mass is 324 g/mol. The molecule has 0 spiro atoms. The Balaban J connectivity index is 2.21. The maximum absolute atomic E-state index is 9.92. The summed E-state index contributed by atoms with van der Waals surface area (Å²) in [5.74, 6) is 0.228. The van der Waals surface area contributed by atoms with Crippen LogP contribution in [-0.2, 0) is 0 Å². The van der Waals surface area contributed by atoms with Crippen molar-refractivity contribution in [3.63, 3.8) is 0 Å². The number of hydrogen-bond donors (Lipinski definition) is 1. The molecular formula is C21H28OSi. The molecule has 122 valence electrons. The molecular weight excluding hydrogens is 296 g/mol. The van der Waals surface area contributed by atoms with E-state index in [9.17, 15) is 5.11 Å². The van der Waals surface area contributed by atoms with E-state index in [4.69, 9.17) is 0 Å². The van der Waals surface area contributed by atoms with Crippen LogP contribution >= 0.6 is 0 Å². The van der Waals surface area contributed by atoms with Crippen molar-refractivity contribution in [2.75, 3.05) is 0 Å². The summed E-state index contributed by atoms with van der Waals surface area (Å²) in [5, 5.41) is 11.4. The fourth-order valence-electron chi connectivity index (χ4n) is 3.25. The summed E-state index contributed by atoms with van der Waals surface area (Å²) in [5.41, 5.74) is 2.51. The number of aliphatic hydroxyl groups excluding tert-OH is 1. The second-order valence-corrected chi connectivity index (χ2v) is 11.8. The molecule has 0 saturated carbocycles. The lowest BCUT2D eigenvalue weighted by molar-refractivity contribution is 0.178. The van der Waals surface area contributed by atoms with Crippen molar-refractivity contribution in [2.45, 2.75) is 44.5 Å². The van der Waals surface area contributed by atoms with E-state index in [1.165, 1.54) is 16.3 Å². The highest BCUT2D eigenvalue weighted by molar-refractivity contribution is 6.90. The largest absolute Gasteiger partial charge is 0.393 e. The van der Waals surface area contributed by atoms with E-state index in [1.54, 1.807) is 0 Å². The molecule has 1 nitrogen and oxygen atoms in total. The molecule has 0 aromatic heterocycles. The summed E-state index contributed by atoms with van der Waals surface area (Å²) >= 11 is 0. The van der Waals surface area contributed by atoms with Gasteiger partial charge in [0.25, 0.3) is 0 Å². The molecule has 0 fully saturated rings. The number of benzene rings is 2. The molecule has 0 bridgehead atoms. The summed E-state index contributed by atoms with van der Waals surface area (Å²) in [7, 11) is -1.57. The predicted octanol–water partition coefficient (Wildman–Crippen LogP) is 4.71. The van der Waals surface area contributed by atoms with Gasteiger partial charge in [0, 0.05) is 5.92 Å². The third-order valence-corrected chi connectivity index (χ3v) is 7.73. The SMILES string of the molecule is C=C(C[Si](C)(C)c1ccccc1)[C@@H](C[C@H](C)O)c1ccccc1. The fraction of sp³-hybridized carbons (Fsp3) is 0.333. The van der Waals surface area contributed by atoms with Gasteiger partial charge in [0.15, 0.2) is 0 Å². The zero-order valence-electron chi connectivity index (χ0n) is 14.5. The third kappa shape index (κ3) is 4.92. The molecule has 0 aliphatic carbocycles. The van der Waals surface area contributed by atoms with E-state index in [2.05, 4.69) is 74.3 Å². The molecule has 0 amide bonds. The number of aliphatic hydroxyl groups is 1. The van der Waals surface area contributed by atoms with E-state index in [-0.39, 0.29) is 12.0 Å². The van der Waals surface area contributed by atoms with Crippen LogP contribution in [0.3, 0.4) is 0 Å². The van der Waals surface area contributed by atoms with Crippen LogP contribution in [0.2, 0.25) is 19.1 Å². The Labute approximate surface area is 141 Å². The zero-order chi connectivity index (χ0) is 16.9. The van der Waals surface area contributed by atoms with Gasteiger partial charge in [-0.05, 0) is 25.0 Å². The first-order valence-corrected chi connectivity index (χ1v) is 11.6. The number of rotatable bonds is 7. The predicted molar refractivity (Wildman–Crippen MR) is 103 cm³/mol. The zero-order valence-corrected chi connectivity index (χ0v) is 15.5. The van der Waals surface area contributed by atoms with Gasteiger partial charge in [-0.15, -0.1) is 0 Å². The van der Waals surface area contributed by atoms with E-state index < -0.39 is 8.07 Å². The van der Waals surface area contributed by atoms with Gasteiger partial charge in [-0.25, -0.2) is 0 Å². The Bertz CT molecular complexity index is 617. The summed E-state index contributed by atoms with van der Waals surface area (Å²) in [6.45, 7) is 11.1. The summed E-state index contributed by atoms with van der Waals surface area (Å²) in [4.78, 5) is 0. The van der Waals surface area contributed by atoms with Crippen LogP contribution in [0.25, 0.3) is 0 Å². The topological polar surface area (TPSA) is 20.2 Å². The van der Waals surface area contributed by atoms with Crippen molar-refractivity contribution >= 4 is 13.3 Å². The van der Waals surface area contributed by atoms with Gasteiger partial charge in [0.05, 0.1) is 14.2 Å². The highest BCUT2D eigenvalue weighted by Gasteiger charge is 2.28. The summed E-state index contributed by atoms with van der Waals surface area (Å²) in [6, 6.07) is 22.3. The van der Waals surface area contributed by atoms with Crippen molar-refractivity contribution in [3.8, 4) is 0 Å². The van der Waals surface area contributed by atoms with Gasteiger partial charge in [0.1, 0.15) is 0 Å². The van der Waals surface area contributed by atoms with Crippen LogP contribution in [0, 0.1) is 0 Å². The van der Waals surface area contributed by atoms with Crippen molar-refractivity contribution in [1.29, 1.82) is 0 Å². The van der Waals surface area contributed by atoms with Crippen LogP contribution < -0.4 is 5.19 Å². The van der Waals surface area contributed by atoms with Gasteiger partial charge in [-0.3, -0.25) is 0 Å². The second kappa shape index (κ2) is 7.76. The van der Waals surface area contributed by atoms with Gasteiger partial charge >= 0.3 is 0 Å². The average Bonchev–Trinajstić information content (AvgIpc) is 2.53. The lowest BCUT2D eigenvalue weighted by atomic mass is 9.88. The number of allylic oxidation sites excluding steroid dienone is 1. The van der Waals surface area contributed by atoms with Crippen LogP contribution in [0.4, 0.5) is 0 Å². The Kier molecular flexibility index (Phi) is 5.97. The number of hydrogen-bond acceptors (Lipinski definition) is 1. The molecule has 2 rings (SSSR count). The Hall–Kier alpha value is -1.64. The maximum Gasteiger partial charge on any atom is 0.0846 e. The molecule has 0 heterocycles. The Morgan fingerprint density at radius 1 is 1.00 bits per heavy atom. The molecule has 1 N–H and O–H groups in total. The standard InChI is InChI=1S/C21H28OSi/c1-17(16-23(3,4)20-13-9-6-10-14-20)21(15-18(2)22)19-11-7-5-8-12-19/h5-14,18,21-22H,1,15-16H2,2-4H3/t18-,21+/m0/s1.